The molecule has 0 radical (unpaired) electrons. The Labute approximate surface area is 172 Å². The number of halogens is 1. The number of carbonyl (C=O) groups excluding carboxylic acids is 1. The molecule has 0 aliphatic rings. The summed E-state index contributed by atoms with van der Waals surface area (Å²) in [6, 6.07) is 18.8. The van der Waals surface area contributed by atoms with Crippen molar-refractivity contribution in [2.75, 3.05) is 5.32 Å². The number of carbonyl (C=O) groups is 1. The minimum atomic E-state index is -0.418. The van der Waals surface area contributed by atoms with Crippen LogP contribution in [-0.2, 0) is 11.3 Å². The maximum Gasteiger partial charge on any atom is 0.275 e. The first-order valence-electron chi connectivity index (χ1n) is 9.55. The number of nitrogens with zero attached hydrogens (tertiary/aromatic N) is 2. The highest BCUT2D eigenvalue weighted by molar-refractivity contribution is 5.95. The summed E-state index contributed by atoms with van der Waals surface area (Å²) in [7, 11) is 0. The predicted molar refractivity (Wildman–Crippen MR) is 116 cm³/mol. The Morgan fingerprint density at radius 3 is 2.43 bits per heavy atom. The van der Waals surface area contributed by atoms with Gasteiger partial charge in [-0.2, -0.15) is 5.10 Å². The first-order valence-corrected chi connectivity index (χ1v) is 9.55. The number of amides is 1. The van der Waals surface area contributed by atoms with Crippen LogP contribution >= 0.6 is 0 Å². The molecule has 0 bridgehead atoms. The summed E-state index contributed by atoms with van der Waals surface area (Å²) in [5, 5.41) is 8.46. The van der Waals surface area contributed by atoms with Gasteiger partial charge in [0, 0.05) is 16.6 Å². The third-order valence-corrected chi connectivity index (χ3v) is 4.94. The van der Waals surface area contributed by atoms with Crippen LogP contribution in [0.25, 0.3) is 22.0 Å². The molecule has 6 heteroatoms. The molecule has 0 aliphatic carbocycles. The lowest BCUT2D eigenvalue weighted by atomic mass is 9.99. The quantitative estimate of drug-likeness (QED) is 0.549. The van der Waals surface area contributed by atoms with Crippen molar-refractivity contribution in [1.29, 1.82) is 0 Å². The van der Waals surface area contributed by atoms with Gasteiger partial charge in [-0.3, -0.25) is 9.59 Å². The molecule has 150 valence electrons. The lowest BCUT2D eigenvalue weighted by Gasteiger charge is -2.13. The molecule has 0 saturated carbocycles. The van der Waals surface area contributed by atoms with E-state index in [1.54, 1.807) is 12.1 Å². The van der Waals surface area contributed by atoms with E-state index < -0.39 is 11.7 Å². The number of rotatable bonds is 4. The third kappa shape index (κ3) is 3.85. The van der Waals surface area contributed by atoms with Gasteiger partial charge in [-0.1, -0.05) is 35.9 Å². The number of anilines is 1. The van der Waals surface area contributed by atoms with Crippen molar-refractivity contribution in [3.63, 3.8) is 0 Å². The maximum absolute atomic E-state index is 13.1. The Kier molecular flexibility index (Phi) is 5.14. The van der Waals surface area contributed by atoms with Crippen LogP contribution in [0.5, 0.6) is 0 Å². The van der Waals surface area contributed by atoms with Gasteiger partial charge in [-0.25, -0.2) is 9.07 Å². The molecule has 5 nitrogen and oxygen atoms in total. The summed E-state index contributed by atoms with van der Waals surface area (Å²) in [6.07, 6.45) is 0. The molecule has 0 atom stereocenters. The van der Waals surface area contributed by atoms with Crippen molar-refractivity contribution in [3.05, 3.63) is 94.0 Å². The van der Waals surface area contributed by atoms with Gasteiger partial charge in [-0.15, -0.1) is 0 Å². The maximum atomic E-state index is 13.1. The Bertz CT molecular complexity index is 1310. The van der Waals surface area contributed by atoms with Gasteiger partial charge < -0.3 is 5.32 Å². The molecule has 0 saturated heterocycles. The number of aromatic nitrogens is 2. The number of benzene rings is 3. The highest BCUT2D eigenvalue weighted by atomic mass is 19.1. The van der Waals surface area contributed by atoms with Crippen molar-refractivity contribution in [2.24, 2.45) is 0 Å². The van der Waals surface area contributed by atoms with Crippen LogP contribution in [0.3, 0.4) is 0 Å². The summed E-state index contributed by atoms with van der Waals surface area (Å²) in [5.41, 5.74) is 3.78. The Hall–Kier alpha value is -3.80. The minimum absolute atomic E-state index is 0.251. The lowest BCUT2D eigenvalue weighted by molar-refractivity contribution is -0.117. The summed E-state index contributed by atoms with van der Waals surface area (Å²) in [6.45, 7) is 3.73. The summed E-state index contributed by atoms with van der Waals surface area (Å²) >= 11 is 0. The molecule has 1 aromatic heterocycles. The predicted octanol–water partition coefficient (Wildman–Crippen LogP) is 4.46. The fourth-order valence-corrected chi connectivity index (χ4v) is 3.40. The van der Waals surface area contributed by atoms with Crippen LogP contribution in [-0.4, -0.2) is 15.7 Å². The van der Waals surface area contributed by atoms with Gasteiger partial charge in [0.05, 0.1) is 11.1 Å². The van der Waals surface area contributed by atoms with Gasteiger partial charge in [0.2, 0.25) is 5.91 Å². The SMILES string of the molecule is Cc1ccc(C)c(-c2nn(CC(=O)Nc3ccc(F)cc3)c(=O)c3ccccc23)c1. The van der Waals surface area contributed by atoms with Crippen LogP contribution in [0.15, 0.2) is 71.5 Å². The second kappa shape index (κ2) is 7.91. The Balaban J connectivity index is 1.78. The van der Waals surface area contributed by atoms with Crippen LogP contribution in [0.2, 0.25) is 0 Å². The summed E-state index contributed by atoms with van der Waals surface area (Å²) in [4.78, 5) is 25.5. The minimum Gasteiger partial charge on any atom is -0.324 e. The zero-order valence-electron chi connectivity index (χ0n) is 16.6. The van der Waals surface area contributed by atoms with E-state index in [0.717, 1.165) is 22.1 Å². The largest absolute Gasteiger partial charge is 0.324 e. The van der Waals surface area contributed by atoms with Crippen molar-refractivity contribution >= 4 is 22.4 Å². The van der Waals surface area contributed by atoms with Crippen LogP contribution < -0.4 is 10.9 Å². The molecular formula is C24H20FN3O2. The monoisotopic (exact) mass is 401 g/mol. The van der Waals surface area contributed by atoms with Crippen molar-refractivity contribution < 1.29 is 9.18 Å². The fraction of sp³-hybridized carbons (Fsp3) is 0.125. The lowest BCUT2D eigenvalue weighted by Crippen LogP contribution is -2.30. The smallest absolute Gasteiger partial charge is 0.275 e. The zero-order valence-corrected chi connectivity index (χ0v) is 16.6. The van der Waals surface area contributed by atoms with Gasteiger partial charge in [-0.05, 0) is 55.8 Å². The van der Waals surface area contributed by atoms with E-state index in [1.165, 1.54) is 28.9 Å². The third-order valence-electron chi connectivity index (χ3n) is 4.94. The molecule has 0 fully saturated rings. The number of fused-ring (bicyclic) bond motifs is 1. The fourth-order valence-electron chi connectivity index (χ4n) is 3.40. The topological polar surface area (TPSA) is 64.0 Å². The molecule has 1 N–H and O–H groups in total. The number of hydrogen-bond acceptors (Lipinski definition) is 3. The van der Waals surface area contributed by atoms with Gasteiger partial charge in [0.1, 0.15) is 12.4 Å². The van der Waals surface area contributed by atoms with E-state index in [1.807, 2.05) is 44.2 Å². The van der Waals surface area contributed by atoms with Crippen LogP contribution in [0, 0.1) is 19.7 Å². The second-order valence-corrected chi connectivity index (χ2v) is 7.23. The van der Waals surface area contributed by atoms with Gasteiger partial charge in [0.25, 0.3) is 5.56 Å². The van der Waals surface area contributed by atoms with E-state index in [9.17, 15) is 14.0 Å². The normalized spacial score (nSPS) is 10.9. The molecule has 0 unspecified atom stereocenters. The number of nitrogens with one attached hydrogen (secondary N) is 1. The first-order chi connectivity index (χ1) is 14.4. The molecule has 1 heterocycles. The molecule has 4 rings (SSSR count). The van der Waals surface area contributed by atoms with E-state index >= 15 is 0 Å². The standard InChI is InChI=1S/C24H20FN3O2/c1-15-7-8-16(2)21(13-15)23-19-5-3-4-6-20(19)24(30)28(27-23)14-22(29)26-18-11-9-17(25)10-12-18/h3-13H,14H2,1-2H3,(H,26,29). The summed E-state index contributed by atoms with van der Waals surface area (Å²) in [5.74, 6) is -0.808. The van der Waals surface area contributed by atoms with E-state index in [2.05, 4.69) is 10.4 Å². The van der Waals surface area contributed by atoms with E-state index in [0.29, 0.717) is 16.8 Å². The number of hydrogen-bond donors (Lipinski definition) is 1. The molecule has 3 aromatic carbocycles. The Morgan fingerprint density at radius 1 is 1.00 bits per heavy atom. The summed E-state index contributed by atoms with van der Waals surface area (Å²) < 4.78 is 14.2. The highest BCUT2D eigenvalue weighted by Gasteiger charge is 2.15. The molecule has 4 aromatic rings. The Morgan fingerprint density at radius 2 is 1.70 bits per heavy atom. The van der Waals surface area contributed by atoms with Gasteiger partial charge in [0.15, 0.2) is 0 Å². The number of aryl methyl sites for hydroxylation is 2. The van der Waals surface area contributed by atoms with Gasteiger partial charge >= 0.3 is 0 Å². The molecule has 1 amide bonds. The molecule has 0 spiro atoms. The van der Waals surface area contributed by atoms with Crippen LogP contribution in [0.1, 0.15) is 11.1 Å². The van der Waals surface area contributed by atoms with Crippen molar-refractivity contribution in [3.8, 4) is 11.3 Å². The van der Waals surface area contributed by atoms with Crippen LogP contribution in [0.4, 0.5) is 10.1 Å². The van der Waals surface area contributed by atoms with Crippen molar-refractivity contribution in [2.45, 2.75) is 20.4 Å². The van der Waals surface area contributed by atoms with E-state index in [4.69, 9.17) is 0 Å². The molecular weight excluding hydrogens is 381 g/mol. The highest BCUT2D eigenvalue weighted by Crippen LogP contribution is 2.28. The molecule has 0 aliphatic heterocycles. The zero-order chi connectivity index (χ0) is 21.3. The average Bonchev–Trinajstić information content (AvgIpc) is 2.74. The van der Waals surface area contributed by atoms with Crippen molar-refractivity contribution in [1.82, 2.24) is 9.78 Å². The van der Waals surface area contributed by atoms with E-state index in [-0.39, 0.29) is 12.1 Å². The molecule has 30 heavy (non-hydrogen) atoms. The average molecular weight is 401 g/mol. The first kappa shape index (κ1) is 19.5. The second-order valence-electron chi connectivity index (χ2n) is 7.23.